The highest BCUT2D eigenvalue weighted by molar-refractivity contribution is 7.80. The van der Waals surface area contributed by atoms with Gasteiger partial charge in [0.05, 0.1) is 0 Å². The smallest absolute Gasteiger partial charge is 0.164 e. The quantitative estimate of drug-likeness (QED) is 0.639. The lowest BCUT2D eigenvalue weighted by atomic mass is 10.0. The lowest BCUT2D eigenvalue weighted by Gasteiger charge is -2.10. The molecule has 2 rings (SSSR count). The third kappa shape index (κ3) is 3.37. The first-order valence-corrected chi connectivity index (χ1v) is 6.58. The maximum absolute atomic E-state index is 12.0. The molecule has 0 fully saturated rings. The van der Waals surface area contributed by atoms with Crippen LogP contribution in [0.2, 0.25) is 5.02 Å². The van der Waals surface area contributed by atoms with E-state index in [4.69, 9.17) is 11.6 Å². The molecule has 3 heteroatoms. The SMILES string of the molecule is O=C(CC(S)c1ccc(Cl)cc1)c1ccccc1. The average molecular weight is 277 g/mol. The van der Waals surface area contributed by atoms with Crippen LogP contribution in [-0.2, 0) is 0 Å². The van der Waals surface area contributed by atoms with Crippen LogP contribution in [0.15, 0.2) is 54.6 Å². The summed E-state index contributed by atoms with van der Waals surface area (Å²) in [6.07, 6.45) is 0.384. The predicted molar refractivity (Wildman–Crippen MR) is 78.6 cm³/mol. The van der Waals surface area contributed by atoms with Gasteiger partial charge >= 0.3 is 0 Å². The van der Waals surface area contributed by atoms with Gasteiger partial charge in [-0.3, -0.25) is 4.79 Å². The van der Waals surface area contributed by atoms with Crippen molar-refractivity contribution < 1.29 is 4.79 Å². The second-order valence-electron chi connectivity index (χ2n) is 4.06. The Bertz CT molecular complexity index is 522. The summed E-state index contributed by atoms with van der Waals surface area (Å²) in [4.78, 5) is 12.0. The van der Waals surface area contributed by atoms with Crippen molar-refractivity contribution in [1.82, 2.24) is 0 Å². The molecule has 0 radical (unpaired) electrons. The molecule has 1 atom stereocenters. The van der Waals surface area contributed by atoms with Crippen LogP contribution in [0.3, 0.4) is 0 Å². The standard InChI is InChI=1S/C15H13ClOS/c16-13-8-6-12(7-9-13)15(18)10-14(17)11-4-2-1-3-5-11/h1-9,15,18H,10H2. The maximum atomic E-state index is 12.0. The maximum Gasteiger partial charge on any atom is 0.164 e. The number of rotatable bonds is 4. The molecule has 2 aromatic rings. The first-order valence-electron chi connectivity index (χ1n) is 5.68. The van der Waals surface area contributed by atoms with Crippen molar-refractivity contribution in [2.24, 2.45) is 0 Å². The Hall–Kier alpha value is -1.25. The normalized spacial score (nSPS) is 12.1. The van der Waals surface area contributed by atoms with Gasteiger partial charge in [0.2, 0.25) is 0 Å². The minimum absolute atomic E-state index is 0.102. The number of carbonyl (C=O) groups excluding carboxylic acids is 1. The molecule has 1 nitrogen and oxygen atoms in total. The molecule has 1 unspecified atom stereocenters. The number of hydrogen-bond acceptors (Lipinski definition) is 2. The molecule has 0 N–H and O–H groups in total. The molecular formula is C15H13ClOS. The number of carbonyl (C=O) groups is 1. The summed E-state index contributed by atoms with van der Waals surface area (Å²) in [6, 6.07) is 16.7. The lowest BCUT2D eigenvalue weighted by molar-refractivity contribution is 0.0982. The monoisotopic (exact) mass is 276 g/mol. The molecule has 0 aliphatic heterocycles. The molecule has 0 saturated carbocycles. The molecule has 0 aromatic heterocycles. The largest absolute Gasteiger partial charge is 0.294 e. The van der Waals surface area contributed by atoms with Crippen molar-refractivity contribution in [3.05, 3.63) is 70.7 Å². The zero-order valence-electron chi connectivity index (χ0n) is 9.71. The van der Waals surface area contributed by atoms with Crippen LogP contribution in [0, 0.1) is 0 Å². The first kappa shape index (κ1) is 13.2. The molecule has 0 aliphatic carbocycles. The Morgan fingerprint density at radius 1 is 1.06 bits per heavy atom. The van der Waals surface area contributed by atoms with Crippen LogP contribution in [0.1, 0.15) is 27.6 Å². The van der Waals surface area contributed by atoms with E-state index in [1.807, 2.05) is 54.6 Å². The summed E-state index contributed by atoms with van der Waals surface area (Å²) >= 11 is 10.3. The highest BCUT2D eigenvalue weighted by Gasteiger charge is 2.13. The molecule has 18 heavy (non-hydrogen) atoms. The van der Waals surface area contributed by atoms with Gasteiger partial charge in [0, 0.05) is 22.3 Å². The molecule has 0 amide bonds. The van der Waals surface area contributed by atoms with E-state index >= 15 is 0 Å². The fourth-order valence-corrected chi connectivity index (χ4v) is 2.18. The summed E-state index contributed by atoms with van der Waals surface area (Å²) in [5.74, 6) is 0.102. The number of Topliss-reactive ketones (excluding diaryl/α,β-unsaturated/α-hetero) is 1. The second kappa shape index (κ2) is 6.07. The Balaban J connectivity index is 2.06. The van der Waals surface area contributed by atoms with E-state index in [0.29, 0.717) is 11.4 Å². The Morgan fingerprint density at radius 2 is 1.67 bits per heavy atom. The summed E-state index contributed by atoms with van der Waals surface area (Å²) in [5, 5.41) is 0.587. The molecule has 0 bridgehead atoms. The van der Waals surface area contributed by atoms with Gasteiger partial charge in [0.15, 0.2) is 5.78 Å². The number of thiol groups is 1. The fraction of sp³-hybridized carbons (Fsp3) is 0.133. The topological polar surface area (TPSA) is 17.1 Å². The van der Waals surface area contributed by atoms with Crippen molar-refractivity contribution >= 4 is 30.0 Å². The summed E-state index contributed by atoms with van der Waals surface area (Å²) in [5.41, 5.74) is 1.73. The Kier molecular flexibility index (Phi) is 4.45. The van der Waals surface area contributed by atoms with Gasteiger partial charge in [-0.15, -0.1) is 0 Å². The van der Waals surface area contributed by atoms with Gasteiger partial charge in [-0.25, -0.2) is 0 Å². The third-order valence-electron chi connectivity index (χ3n) is 2.73. The molecule has 2 aromatic carbocycles. The second-order valence-corrected chi connectivity index (χ2v) is 5.12. The van der Waals surface area contributed by atoms with Crippen molar-refractivity contribution in [2.45, 2.75) is 11.7 Å². The minimum Gasteiger partial charge on any atom is -0.294 e. The summed E-state index contributed by atoms with van der Waals surface area (Å²) in [7, 11) is 0. The van der Waals surface area contributed by atoms with E-state index in [-0.39, 0.29) is 11.0 Å². The van der Waals surface area contributed by atoms with Crippen LogP contribution in [-0.4, -0.2) is 5.78 Å². The average Bonchev–Trinajstić information content (AvgIpc) is 2.40. The molecule has 92 valence electrons. The van der Waals surface area contributed by atoms with Gasteiger partial charge in [-0.05, 0) is 17.7 Å². The highest BCUT2D eigenvalue weighted by atomic mass is 35.5. The van der Waals surface area contributed by atoms with Gasteiger partial charge < -0.3 is 0 Å². The van der Waals surface area contributed by atoms with E-state index < -0.39 is 0 Å². The number of hydrogen-bond donors (Lipinski definition) is 1. The lowest BCUT2D eigenvalue weighted by Crippen LogP contribution is -2.03. The van der Waals surface area contributed by atoms with Crippen LogP contribution >= 0.6 is 24.2 Å². The molecule has 0 aliphatic rings. The van der Waals surface area contributed by atoms with E-state index in [1.165, 1.54) is 0 Å². The zero-order chi connectivity index (χ0) is 13.0. The number of ketones is 1. The van der Waals surface area contributed by atoms with Gasteiger partial charge in [0.25, 0.3) is 0 Å². The van der Waals surface area contributed by atoms with Crippen LogP contribution in [0.4, 0.5) is 0 Å². The van der Waals surface area contributed by atoms with Crippen molar-refractivity contribution in [3.8, 4) is 0 Å². The van der Waals surface area contributed by atoms with Crippen LogP contribution in [0.25, 0.3) is 0 Å². The molecule has 0 saturated heterocycles. The Morgan fingerprint density at radius 3 is 2.28 bits per heavy atom. The molecule has 0 heterocycles. The van der Waals surface area contributed by atoms with Gasteiger partial charge in [0.1, 0.15) is 0 Å². The van der Waals surface area contributed by atoms with E-state index in [9.17, 15) is 4.79 Å². The number of halogens is 1. The zero-order valence-corrected chi connectivity index (χ0v) is 11.4. The van der Waals surface area contributed by atoms with Crippen molar-refractivity contribution in [1.29, 1.82) is 0 Å². The Labute approximate surface area is 117 Å². The molecule has 0 spiro atoms. The van der Waals surface area contributed by atoms with E-state index in [0.717, 1.165) is 11.1 Å². The first-order chi connectivity index (χ1) is 8.66. The molecular weight excluding hydrogens is 264 g/mol. The fourth-order valence-electron chi connectivity index (χ4n) is 1.72. The van der Waals surface area contributed by atoms with Crippen LogP contribution in [0.5, 0.6) is 0 Å². The number of benzene rings is 2. The summed E-state index contributed by atoms with van der Waals surface area (Å²) in [6.45, 7) is 0. The minimum atomic E-state index is -0.102. The van der Waals surface area contributed by atoms with Gasteiger partial charge in [-0.1, -0.05) is 54.1 Å². The van der Waals surface area contributed by atoms with Crippen molar-refractivity contribution in [2.75, 3.05) is 0 Å². The third-order valence-corrected chi connectivity index (χ3v) is 3.46. The predicted octanol–water partition coefficient (Wildman–Crippen LogP) is 4.58. The van der Waals surface area contributed by atoms with E-state index in [1.54, 1.807) is 0 Å². The highest BCUT2D eigenvalue weighted by Crippen LogP contribution is 2.26. The van der Waals surface area contributed by atoms with Crippen molar-refractivity contribution in [3.63, 3.8) is 0 Å². The van der Waals surface area contributed by atoms with Gasteiger partial charge in [-0.2, -0.15) is 12.6 Å². The van der Waals surface area contributed by atoms with E-state index in [2.05, 4.69) is 12.6 Å². The van der Waals surface area contributed by atoms with Crippen LogP contribution < -0.4 is 0 Å². The summed E-state index contributed by atoms with van der Waals surface area (Å²) < 4.78 is 0.